The Bertz CT molecular complexity index is 1070. The molecule has 2 aromatic heterocycles. The summed E-state index contributed by atoms with van der Waals surface area (Å²) in [6.07, 6.45) is 1.44. The molecular weight excluding hydrogens is 380 g/mol. The lowest BCUT2D eigenvalue weighted by atomic mass is 10.0. The third-order valence-electron chi connectivity index (χ3n) is 5.61. The van der Waals surface area contributed by atoms with Gasteiger partial charge in [0.15, 0.2) is 0 Å². The first-order valence-electron chi connectivity index (χ1n) is 10.4. The normalized spacial score (nSPS) is 15.0. The van der Waals surface area contributed by atoms with Crippen molar-refractivity contribution in [3.63, 3.8) is 0 Å². The number of hydrogen-bond acceptors (Lipinski definition) is 5. The van der Waals surface area contributed by atoms with Crippen molar-refractivity contribution >= 4 is 22.9 Å². The molecule has 0 atom stereocenters. The second-order valence-electron chi connectivity index (χ2n) is 8.10. The number of aromatic nitrogens is 2. The van der Waals surface area contributed by atoms with Crippen LogP contribution in [0.4, 0.5) is 0 Å². The SMILES string of the molecule is Cc1noc2nc(C(C)C)cc(C(=O)N3CCC(NC(=O)c4ccccc4)CC3)c12. The van der Waals surface area contributed by atoms with E-state index in [0.717, 1.165) is 18.5 Å². The van der Waals surface area contributed by atoms with Gasteiger partial charge in [-0.3, -0.25) is 9.59 Å². The van der Waals surface area contributed by atoms with E-state index in [0.29, 0.717) is 41.0 Å². The van der Waals surface area contributed by atoms with E-state index in [4.69, 9.17) is 4.52 Å². The van der Waals surface area contributed by atoms with Crippen LogP contribution in [0, 0.1) is 6.92 Å². The molecule has 156 valence electrons. The maximum Gasteiger partial charge on any atom is 0.259 e. The lowest BCUT2D eigenvalue weighted by Crippen LogP contribution is -2.46. The molecule has 2 amide bonds. The van der Waals surface area contributed by atoms with Crippen molar-refractivity contribution in [3.05, 3.63) is 58.9 Å². The monoisotopic (exact) mass is 406 g/mol. The van der Waals surface area contributed by atoms with Gasteiger partial charge in [0.2, 0.25) is 0 Å². The fraction of sp³-hybridized carbons (Fsp3) is 0.391. The predicted molar refractivity (Wildman–Crippen MR) is 113 cm³/mol. The zero-order chi connectivity index (χ0) is 21.3. The predicted octanol–water partition coefficient (Wildman–Crippen LogP) is 3.69. The van der Waals surface area contributed by atoms with Crippen LogP contribution < -0.4 is 5.32 Å². The number of pyridine rings is 1. The summed E-state index contributed by atoms with van der Waals surface area (Å²) in [6.45, 7) is 7.07. The first-order valence-corrected chi connectivity index (χ1v) is 10.4. The van der Waals surface area contributed by atoms with E-state index in [-0.39, 0.29) is 23.8 Å². The van der Waals surface area contributed by atoms with Crippen molar-refractivity contribution in [2.45, 2.75) is 45.6 Å². The average Bonchev–Trinajstić information content (AvgIpc) is 3.14. The number of aryl methyl sites for hydroxylation is 1. The zero-order valence-electron chi connectivity index (χ0n) is 17.5. The van der Waals surface area contributed by atoms with Crippen LogP contribution >= 0.6 is 0 Å². The first-order chi connectivity index (χ1) is 14.4. The fourth-order valence-corrected chi connectivity index (χ4v) is 3.83. The molecule has 1 aliphatic rings. The van der Waals surface area contributed by atoms with Crippen molar-refractivity contribution in [1.82, 2.24) is 20.4 Å². The average molecular weight is 406 g/mol. The number of rotatable bonds is 4. The lowest BCUT2D eigenvalue weighted by molar-refractivity contribution is 0.0699. The van der Waals surface area contributed by atoms with E-state index in [1.54, 1.807) is 12.1 Å². The van der Waals surface area contributed by atoms with E-state index in [9.17, 15) is 9.59 Å². The van der Waals surface area contributed by atoms with E-state index in [1.807, 2.05) is 49.9 Å². The third-order valence-corrected chi connectivity index (χ3v) is 5.61. The molecule has 1 aliphatic heterocycles. The van der Waals surface area contributed by atoms with Gasteiger partial charge < -0.3 is 14.7 Å². The molecule has 0 spiro atoms. The first kappa shape index (κ1) is 20.1. The molecule has 7 heteroatoms. The molecule has 3 aromatic rings. The van der Waals surface area contributed by atoms with Gasteiger partial charge in [0.25, 0.3) is 17.5 Å². The molecule has 0 bridgehead atoms. The highest BCUT2D eigenvalue weighted by Gasteiger charge is 2.28. The van der Waals surface area contributed by atoms with Crippen LogP contribution in [0.1, 0.15) is 64.7 Å². The minimum atomic E-state index is -0.0714. The van der Waals surface area contributed by atoms with Crippen molar-refractivity contribution in [2.75, 3.05) is 13.1 Å². The zero-order valence-corrected chi connectivity index (χ0v) is 17.5. The van der Waals surface area contributed by atoms with E-state index in [1.165, 1.54) is 0 Å². The molecule has 0 radical (unpaired) electrons. The van der Waals surface area contributed by atoms with Crippen molar-refractivity contribution in [2.24, 2.45) is 0 Å². The Morgan fingerprint density at radius 1 is 1.17 bits per heavy atom. The number of fused-ring (bicyclic) bond motifs is 1. The van der Waals surface area contributed by atoms with Gasteiger partial charge in [-0.05, 0) is 43.9 Å². The second kappa shape index (κ2) is 8.26. The highest BCUT2D eigenvalue weighted by molar-refractivity contribution is 6.06. The van der Waals surface area contributed by atoms with E-state index in [2.05, 4.69) is 15.5 Å². The number of carbonyl (C=O) groups excluding carboxylic acids is 2. The highest BCUT2D eigenvalue weighted by Crippen LogP contribution is 2.27. The molecule has 1 fully saturated rings. The third kappa shape index (κ3) is 3.92. The van der Waals surface area contributed by atoms with Gasteiger partial charge in [-0.1, -0.05) is 37.2 Å². The van der Waals surface area contributed by atoms with Crippen LogP contribution in [-0.2, 0) is 0 Å². The molecule has 1 N–H and O–H groups in total. The lowest BCUT2D eigenvalue weighted by Gasteiger charge is -2.32. The summed E-state index contributed by atoms with van der Waals surface area (Å²) >= 11 is 0. The summed E-state index contributed by atoms with van der Waals surface area (Å²) in [4.78, 5) is 32.1. The maximum absolute atomic E-state index is 13.3. The number of benzene rings is 1. The van der Waals surface area contributed by atoms with Crippen LogP contribution in [0.15, 0.2) is 40.9 Å². The Labute approximate surface area is 175 Å². The summed E-state index contributed by atoms with van der Waals surface area (Å²) in [5, 5.41) is 7.77. The number of likely N-dealkylation sites (tertiary alicyclic amines) is 1. The largest absolute Gasteiger partial charge is 0.349 e. The van der Waals surface area contributed by atoms with Crippen LogP contribution in [0.2, 0.25) is 0 Å². The summed E-state index contributed by atoms with van der Waals surface area (Å²) < 4.78 is 5.34. The molecule has 7 nitrogen and oxygen atoms in total. The smallest absolute Gasteiger partial charge is 0.259 e. The molecule has 0 aliphatic carbocycles. The molecule has 1 aromatic carbocycles. The number of carbonyl (C=O) groups is 2. The summed E-state index contributed by atoms with van der Waals surface area (Å²) in [5.41, 5.74) is 3.13. The Balaban J connectivity index is 1.47. The minimum Gasteiger partial charge on any atom is -0.349 e. The second-order valence-corrected chi connectivity index (χ2v) is 8.10. The van der Waals surface area contributed by atoms with Crippen LogP contribution in [-0.4, -0.2) is 46.0 Å². The maximum atomic E-state index is 13.3. The van der Waals surface area contributed by atoms with Gasteiger partial charge >= 0.3 is 0 Å². The molecule has 30 heavy (non-hydrogen) atoms. The molecule has 3 heterocycles. The topological polar surface area (TPSA) is 88.3 Å². The summed E-state index contributed by atoms with van der Waals surface area (Å²) in [6, 6.07) is 11.1. The number of nitrogens with one attached hydrogen (secondary N) is 1. The van der Waals surface area contributed by atoms with Crippen LogP contribution in [0.3, 0.4) is 0 Å². The summed E-state index contributed by atoms with van der Waals surface area (Å²) in [5.74, 6) is 0.0617. The number of amides is 2. The summed E-state index contributed by atoms with van der Waals surface area (Å²) in [7, 11) is 0. The number of nitrogens with zero attached hydrogens (tertiary/aromatic N) is 3. The van der Waals surface area contributed by atoms with Crippen LogP contribution in [0.5, 0.6) is 0 Å². The number of piperidine rings is 1. The number of hydrogen-bond donors (Lipinski definition) is 1. The van der Waals surface area contributed by atoms with E-state index >= 15 is 0 Å². The highest BCUT2D eigenvalue weighted by atomic mass is 16.5. The van der Waals surface area contributed by atoms with E-state index < -0.39 is 0 Å². The molecule has 0 saturated carbocycles. The van der Waals surface area contributed by atoms with Gasteiger partial charge in [-0.25, -0.2) is 4.98 Å². The van der Waals surface area contributed by atoms with Gasteiger partial charge in [0.05, 0.1) is 16.6 Å². The van der Waals surface area contributed by atoms with Crippen LogP contribution in [0.25, 0.3) is 11.1 Å². The molecule has 4 rings (SSSR count). The Kier molecular flexibility index (Phi) is 5.53. The minimum absolute atomic E-state index is 0.0385. The molecule has 0 unspecified atom stereocenters. The molecule has 1 saturated heterocycles. The molecular formula is C23H26N4O3. The van der Waals surface area contributed by atoms with Gasteiger partial charge in [0, 0.05) is 30.4 Å². The van der Waals surface area contributed by atoms with Gasteiger partial charge in [-0.2, -0.15) is 0 Å². The van der Waals surface area contributed by atoms with Crippen molar-refractivity contribution in [1.29, 1.82) is 0 Å². The quantitative estimate of drug-likeness (QED) is 0.714. The standard InChI is InChI=1S/C23H26N4O3/c1-14(2)19-13-18(20-15(3)26-30-22(20)25-19)23(29)27-11-9-17(10-12-27)24-21(28)16-7-5-4-6-8-16/h4-8,13-14,17H,9-12H2,1-3H3,(H,24,28). The van der Waals surface area contributed by atoms with Crippen molar-refractivity contribution in [3.8, 4) is 0 Å². The Hall–Kier alpha value is -3.22. The van der Waals surface area contributed by atoms with Gasteiger partial charge in [-0.15, -0.1) is 0 Å². The van der Waals surface area contributed by atoms with Gasteiger partial charge in [0.1, 0.15) is 0 Å². The Morgan fingerprint density at radius 2 is 1.87 bits per heavy atom. The Morgan fingerprint density at radius 3 is 2.53 bits per heavy atom. The fourth-order valence-electron chi connectivity index (χ4n) is 3.83. The van der Waals surface area contributed by atoms with Crippen molar-refractivity contribution < 1.29 is 14.1 Å².